The van der Waals surface area contributed by atoms with Crippen LogP contribution < -0.4 is 9.47 Å². The van der Waals surface area contributed by atoms with E-state index in [9.17, 15) is 4.79 Å². The summed E-state index contributed by atoms with van der Waals surface area (Å²) in [7, 11) is 1.48. The van der Waals surface area contributed by atoms with Crippen LogP contribution in [0.3, 0.4) is 0 Å². The van der Waals surface area contributed by atoms with E-state index in [1.165, 1.54) is 13.2 Å². The lowest BCUT2D eigenvalue weighted by molar-refractivity contribution is 0.0691. The van der Waals surface area contributed by atoms with E-state index in [1.807, 2.05) is 0 Å². The average Bonchev–Trinajstić information content (AvgIpc) is 2.18. The highest BCUT2D eigenvalue weighted by molar-refractivity contribution is 5.92. The van der Waals surface area contributed by atoms with Gasteiger partial charge < -0.3 is 14.6 Å². The molecule has 0 unspecified atom stereocenters. The number of hydrogen-bond acceptors (Lipinski definition) is 3. The molecule has 0 bridgehead atoms. The van der Waals surface area contributed by atoms with Gasteiger partial charge in [0.05, 0.1) is 13.7 Å². The third-order valence-electron chi connectivity index (χ3n) is 1.72. The zero-order valence-electron chi connectivity index (χ0n) is 8.11. The molecule has 0 aliphatic heterocycles. The second-order valence-corrected chi connectivity index (χ2v) is 2.58. The number of carbonyl (C=O) groups is 1. The van der Waals surface area contributed by atoms with Gasteiger partial charge in [-0.25, -0.2) is 4.79 Å². The van der Waals surface area contributed by atoms with E-state index < -0.39 is 5.97 Å². The van der Waals surface area contributed by atoms with Crippen LogP contribution in [-0.4, -0.2) is 24.8 Å². The first kappa shape index (κ1) is 10.4. The Morgan fingerprint density at radius 2 is 2.21 bits per heavy atom. The predicted octanol–water partition coefficient (Wildman–Crippen LogP) is 1.79. The van der Waals surface area contributed by atoms with Crippen molar-refractivity contribution in [3.8, 4) is 11.5 Å². The standard InChI is InChI=1S/C10H12O4/c1-3-14-9-7(10(11)12)5-4-6-8(9)13-2/h4-6H,3H2,1-2H3,(H,11,12). The van der Waals surface area contributed by atoms with Gasteiger partial charge >= 0.3 is 5.97 Å². The molecule has 4 heteroatoms. The molecule has 0 aliphatic rings. The first-order valence-electron chi connectivity index (χ1n) is 4.23. The Labute approximate surface area is 82.1 Å². The molecule has 1 N–H and O–H groups in total. The minimum absolute atomic E-state index is 0.117. The Morgan fingerprint density at radius 1 is 1.50 bits per heavy atom. The van der Waals surface area contributed by atoms with Crippen molar-refractivity contribution >= 4 is 5.97 Å². The number of carboxylic acid groups (broad SMARTS) is 1. The molecular formula is C10H12O4. The number of methoxy groups -OCH3 is 1. The molecule has 1 aromatic carbocycles. The molecule has 4 nitrogen and oxygen atoms in total. The quantitative estimate of drug-likeness (QED) is 0.797. The molecule has 1 aromatic rings. The van der Waals surface area contributed by atoms with E-state index >= 15 is 0 Å². The number of benzene rings is 1. The van der Waals surface area contributed by atoms with Crippen LogP contribution in [0.4, 0.5) is 0 Å². The van der Waals surface area contributed by atoms with E-state index in [0.717, 1.165) is 0 Å². The van der Waals surface area contributed by atoms with Crippen LogP contribution in [-0.2, 0) is 0 Å². The summed E-state index contributed by atoms with van der Waals surface area (Å²) >= 11 is 0. The average molecular weight is 196 g/mol. The van der Waals surface area contributed by atoms with Crippen molar-refractivity contribution in [3.05, 3.63) is 23.8 Å². The van der Waals surface area contributed by atoms with Crippen LogP contribution in [0.15, 0.2) is 18.2 Å². The smallest absolute Gasteiger partial charge is 0.339 e. The molecule has 0 radical (unpaired) electrons. The molecule has 0 aromatic heterocycles. The number of rotatable bonds is 4. The lowest BCUT2D eigenvalue weighted by Gasteiger charge is -2.11. The second-order valence-electron chi connectivity index (χ2n) is 2.58. The molecular weight excluding hydrogens is 184 g/mol. The topological polar surface area (TPSA) is 55.8 Å². The van der Waals surface area contributed by atoms with E-state index in [-0.39, 0.29) is 11.3 Å². The van der Waals surface area contributed by atoms with E-state index in [0.29, 0.717) is 12.4 Å². The summed E-state index contributed by atoms with van der Waals surface area (Å²) in [6.45, 7) is 2.19. The van der Waals surface area contributed by atoms with Gasteiger partial charge in [-0.05, 0) is 19.1 Å². The Bertz CT molecular complexity index is 333. The van der Waals surface area contributed by atoms with Crippen molar-refractivity contribution < 1.29 is 19.4 Å². The fourth-order valence-corrected chi connectivity index (χ4v) is 1.14. The van der Waals surface area contributed by atoms with Crippen molar-refractivity contribution in [3.63, 3.8) is 0 Å². The van der Waals surface area contributed by atoms with E-state index in [1.54, 1.807) is 19.1 Å². The van der Waals surface area contributed by atoms with Crippen LogP contribution in [0, 0.1) is 0 Å². The fraction of sp³-hybridized carbons (Fsp3) is 0.300. The molecule has 0 heterocycles. The Kier molecular flexibility index (Phi) is 3.34. The van der Waals surface area contributed by atoms with Gasteiger partial charge in [0.2, 0.25) is 0 Å². The summed E-state index contributed by atoms with van der Waals surface area (Å²) in [4.78, 5) is 10.8. The molecule has 0 saturated heterocycles. The summed E-state index contributed by atoms with van der Waals surface area (Å²) in [5, 5.41) is 8.88. The summed E-state index contributed by atoms with van der Waals surface area (Å²) in [6, 6.07) is 4.76. The van der Waals surface area contributed by atoms with Crippen molar-refractivity contribution in [2.75, 3.05) is 13.7 Å². The number of para-hydroxylation sites is 1. The van der Waals surface area contributed by atoms with Gasteiger partial charge in [0.1, 0.15) is 5.56 Å². The van der Waals surface area contributed by atoms with Crippen LogP contribution in [0.25, 0.3) is 0 Å². The molecule has 76 valence electrons. The first-order chi connectivity index (χ1) is 6.70. The highest BCUT2D eigenvalue weighted by Crippen LogP contribution is 2.30. The molecule has 0 saturated carbocycles. The maximum Gasteiger partial charge on any atom is 0.339 e. The highest BCUT2D eigenvalue weighted by atomic mass is 16.5. The third kappa shape index (κ3) is 1.96. The predicted molar refractivity (Wildman–Crippen MR) is 51.1 cm³/mol. The summed E-state index contributed by atoms with van der Waals surface area (Å²) in [5.41, 5.74) is 0.117. The first-order valence-corrected chi connectivity index (χ1v) is 4.23. The zero-order chi connectivity index (χ0) is 10.6. The highest BCUT2D eigenvalue weighted by Gasteiger charge is 2.15. The molecule has 0 atom stereocenters. The molecule has 0 fully saturated rings. The van der Waals surface area contributed by atoms with Gasteiger partial charge in [-0.3, -0.25) is 0 Å². The van der Waals surface area contributed by atoms with Crippen molar-refractivity contribution in [2.45, 2.75) is 6.92 Å². The SMILES string of the molecule is CCOc1c(OC)cccc1C(=O)O. The van der Waals surface area contributed by atoms with Crippen LogP contribution in [0.1, 0.15) is 17.3 Å². The van der Waals surface area contributed by atoms with Gasteiger partial charge in [0.25, 0.3) is 0 Å². The second kappa shape index (κ2) is 4.50. The van der Waals surface area contributed by atoms with Gasteiger partial charge in [-0.2, -0.15) is 0 Å². The van der Waals surface area contributed by atoms with Crippen molar-refractivity contribution in [1.29, 1.82) is 0 Å². The Balaban J connectivity index is 3.20. The minimum atomic E-state index is -1.02. The number of aromatic carboxylic acids is 1. The normalized spacial score (nSPS) is 9.57. The summed E-state index contributed by atoms with van der Waals surface area (Å²) in [6.07, 6.45) is 0. The van der Waals surface area contributed by atoms with Crippen molar-refractivity contribution in [1.82, 2.24) is 0 Å². The number of carboxylic acids is 1. The molecule has 0 spiro atoms. The van der Waals surface area contributed by atoms with Crippen LogP contribution in [0.2, 0.25) is 0 Å². The summed E-state index contributed by atoms with van der Waals surface area (Å²) in [5.74, 6) is -0.302. The fourth-order valence-electron chi connectivity index (χ4n) is 1.14. The maximum absolute atomic E-state index is 10.8. The number of hydrogen-bond donors (Lipinski definition) is 1. The molecule has 14 heavy (non-hydrogen) atoms. The molecule has 0 amide bonds. The monoisotopic (exact) mass is 196 g/mol. The van der Waals surface area contributed by atoms with Crippen LogP contribution >= 0.6 is 0 Å². The molecule has 1 rings (SSSR count). The molecule has 0 aliphatic carbocycles. The van der Waals surface area contributed by atoms with Gasteiger partial charge in [0.15, 0.2) is 11.5 Å². The Hall–Kier alpha value is -1.71. The summed E-state index contributed by atoms with van der Waals surface area (Å²) < 4.78 is 10.2. The zero-order valence-corrected chi connectivity index (χ0v) is 8.11. The van der Waals surface area contributed by atoms with Gasteiger partial charge in [-0.1, -0.05) is 6.07 Å². The van der Waals surface area contributed by atoms with E-state index in [2.05, 4.69) is 0 Å². The van der Waals surface area contributed by atoms with Crippen molar-refractivity contribution in [2.24, 2.45) is 0 Å². The van der Waals surface area contributed by atoms with E-state index in [4.69, 9.17) is 14.6 Å². The minimum Gasteiger partial charge on any atom is -0.493 e. The lowest BCUT2D eigenvalue weighted by atomic mass is 10.2. The maximum atomic E-state index is 10.8. The number of ether oxygens (including phenoxy) is 2. The van der Waals surface area contributed by atoms with Gasteiger partial charge in [0, 0.05) is 0 Å². The largest absolute Gasteiger partial charge is 0.493 e. The third-order valence-corrected chi connectivity index (χ3v) is 1.72. The lowest BCUT2D eigenvalue weighted by Crippen LogP contribution is -2.04. The Morgan fingerprint density at radius 3 is 2.71 bits per heavy atom. The van der Waals surface area contributed by atoms with Gasteiger partial charge in [-0.15, -0.1) is 0 Å². The van der Waals surface area contributed by atoms with Crippen LogP contribution in [0.5, 0.6) is 11.5 Å².